The summed E-state index contributed by atoms with van der Waals surface area (Å²) in [5, 5.41) is 8.78. The maximum absolute atomic E-state index is 10.5. The molecule has 4 nitrogen and oxygen atoms in total. The Bertz CT molecular complexity index is 1330. The van der Waals surface area contributed by atoms with Crippen LogP contribution in [0.15, 0.2) is 70.7 Å². The second-order valence-corrected chi connectivity index (χ2v) is 18.9. The monoisotopic (exact) mass is 558 g/mol. The molecule has 0 aromatic heterocycles. The van der Waals surface area contributed by atoms with Gasteiger partial charge in [-0.2, -0.15) is 13.2 Å². The van der Waals surface area contributed by atoms with Crippen molar-refractivity contribution in [3.63, 3.8) is 0 Å². The number of benzene rings is 2. The number of hydrogen-bond donors (Lipinski definition) is 0. The predicted molar refractivity (Wildman–Crippen MR) is 140 cm³/mol. The number of nitrogens with zero attached hydrogens (tertiary/aromatic N) is 2. The van der Waals surface area contributed by atoms with E-state index in [1.807, 2.05) is 0 Å². The molecule has 36 heavy (non-hydrogen) atoms. The second-order valence-electron chi connectivity index (χ2n) is 9.85. The molecule has 0 saturated carbocycles. The van der Waals surface area contributed by atoms with E-state index < -0.39 is 25.4 Å². The fourth-order valence-corrected chi connectivity index (χ4v) is 11.0. The third-order valence-electron chi connectivity index (χ3n) is 6.57. The first-order valence-electron chi connectivity index (χ1n) is 11.5. The number of carbonyl (C=O) groups excluding carboxylic acids is 1. The Morgan fingerprint density at radius 2 is 1.61 bits per heavy atom. The summed E-state index contributed by atoms with van der Waals surface area (Å²) in [5.41, 5.74) is 9.52. The van der Waals surface area contributed by atoms with Crippen molar-refractivity contribution in [3.05, 3.63) is 87.4 Å². The SMILES string of the molecule is Cc1ccccc1C1=C2C=CC(=[N+](C)C)C=[C]2[Ge]([CH3])([CH3])[c]2cc(N(C)C)ccc21.O=C([O-])C(F)(F)F. The van der Waals surface area contributed by atoms with Crippen LogP contribution in [0, 0.1) is 6.92 Å². The van der Waals surface area contributed by atoms with Gasteiger partial charge in [-0.05, 0) is 0 Å². The van der Waals surface area contributed by atoms with Crippen LogP contribution in [0.4, 0.5) is 18.9 Å². The van der Waals surface area contributed by atoms with E-state index in [9.17, 15) is 13.2 Å². The molecule has 190 valence electrons. The molecule has 0 bridgehead atoms. The molecule has 0 N–H and O–H groups in total. The van der Waals surface area contributed by atoms with E-state index in [0.29, 0.717) is 0 Å². The molecule has 2 aromatic carbocycles. The van der Waals surface area contributed by atoms with Crippen molar-refractivity contribution in [2.24, 2.45) is 0 Å². The van der Waals surface area contributed by atoms with Gasteiger partial charge in [-0.3, -0.25) is 0 Å². The zero-order valence-corrected chi connectivity index (χ0v) is 23.7. The van der Waals surface area contributed by atoms with Crippen LogP contribution in [0.5, 0.6) is 0 Å². The summed E-state index contributed by atoms with van der Waals surface area (Å²) in [7, 11) is 8.53. The van der Waals surface area contributed by atoms with E-state index in [0.717, 1.165) is 0 Å². The van der Waals surface area contributed by atoms with Gasteiger partial charge in [0, 0.05) is 0 Å². The van der Waals surface area contributed by atoms with Crippen molar-refractivity contribution in [1.29, 1.82) is 0 Å². The van der Waals surface area contributed by atoms with E-state index >= 15 is 0 Å². The number of carboxylic acids is 1. The van der Waals surface area contributed by atoms with Crippen LogP contribution in [-0.2, 0) is 4.79 Å². The van der Waals surface area contributed by atoms with Gasteiger partial charge >= 0.3 is 184 Å². The third-order valence-corrected chi connectivity index (χ3v) is 14.0. The summed E-state index contributed by atoms with van der Waals surface area (Å²) in [6.07, 6.45) is 1.90. The molecule has 0 spiro atoms. The maximum Gasteiger partial charge on any atom is 0.430 e. The zero-order valence-electron chi connectivity index (χ0n) is 21.6. The first-order chi connectivity index (χ1) is 16.7. The van der Waals surface area contributed by atoms with E-state index in [1.165, 1.54) is 39.2 Å². The Balaban J connectivity index is 0.000000454. The van der Waals surface area contributed by atoms with Crippen molar-refractivity contribution in [1.82, 2.24) is 0 Å². The molecule has 8 heteroatoms. The number of hydrogen-bond acceptors (Lipinski definition) is 3. The smallest absolute Gasteiger partial charge is 0.430 e. The number of aryl methyl sites for hydroxylation is 1. The topological polar surface area (TPSA) is 46.4 Å². The largest absolute Gasteiger partial charge is 0.542 e. The van der Waals surface area contributed by atoms with Crippen molar-refractivity contribution >= 4 is 40.6 Å². The Kier molecular flexibility index (Phi) is 7.74. The van der Waals surface area contributed by atoms with Crippen molar-refractivity contribution in [3.8, 4) is 0 Å². The molecule has 4 rings (SSSR count). The second kappa shape index (κ2) is 10.1. The van der Waals surface area contributed by atoms with Gasteiger partial charge in [0.2, 0.25) is 0 Å². The average molecular weight is 557 g/mol. The van der Waals surface area contributed by atoms with Gasteiger partial charge in [-0.25, -0.2) is 0 Å². The Morgan fingerprint density at radius 3 is 2.14 bits per heavy atom. The molecule has 0 saturated heterocycles. The zero-order chi connectivity index (χ0) is 27.0. The van der Waals surface area contributed by atoms with Gasteiger partial charge in [-0.1, -0.05) is 0 Å². The summed E-state index contributed by atoms with van der Waals surface area (Å²) in [5.74, 6) is 2.09. The summed E-state index contributed by atoms with van der Waals surface area (Å²) >= 11 is -2.47. The number of carbonyl (C=O) groups is 1. The summed E-state index contributed by atoms with van der Waals surface area (Å²) < 4.78 is 36.9. The minimum Gasteiger partial charge on any atom is -0.542 e. The van der Waals surface area contributed by atoms with E-state index in [1.54, 1.807) is 8.80 Å². The summed E-state index contributed by atoms with van der Waals surface area (Å²) in [6.45, 7) is 2.23. The maximum atomic E-state index is 10.5. The average Bonchev–Trinajstić information content (AvgIpc) is 2.79. The fourth-order valence-electron chi connectivity index (χ4n) is 4.52. The molecule has 0 radical (unpaired) electrons. The van der Waals surface area contributed by atoms with Gasteiger partial charge in [0.1, 0.15) is 5.97 Å². The molecule has 0 fully saturated rings. The molecule has 0 atom stereocenters. The van der Waals surface area contributed by atoms with Crippen LogP contribution < -0.4 is 14.4 Å². The van der Waals surface area contributed by atoms with Crippen LogP contribution in [0.25, 0.3) is 5.57 Å². The first-order valence-corrected chi connectivity index (χ1v) is 17.8. The normalized spacial score (nSPS) is 15.8. The number of anilines is 1. The van der Waals surface area contributed by atoms with Gasteiger partial charge in [0.25, 0.3) is 0 Å². The number of aliphatic carboxylic acids is 1. The van der Waals surface area contributed by atoms with Gasteiger partial charge < -0.3 is 9.90 Å². The van der Waals surface area contributed by atoms with Crippen LogP contribution in [0.1, 0.15) is 16.7 Å². The number of fused-ring (bicyclic) bond motifs is 2. The minimum absolute atomic E-state index is 1.29. The van der Waals surface area contributed by atoms with E-state index in [-0.39, 0.29) is 0 Å². The van der Waals surface area contributed by atoms with Crippen molar-refractivity contribution < 1.29 is 27.6 Å². The molecule has 0 unspecified atom stereocenters. The minimum atomic E-state index is -5.19. The van der Waals surface area contributed by atoms with Crippen LogP contribution in [0.3, 0.4) is 0 Å². The molecular weight excluding hydrogens is 526 g/mol. The summed E-state index contributed by atoms with van der Waals surface area (Å²) in [6, 6.07) is 15.9. The van der Waals surface area contributed by atoms with E-state index in [2.05, 4.69) is 117 Å². The van der Waals surface area contributed by atoms with E-state index in [4.69, 9.17) is 9.90 Å². The van der Waals surface area contributed by atoms with Gasteiger partial charge in [-0.15, -0.1) is 0 Å². The Hall–Kier alpha value is -3.07. The molecular formula is C28H31F3GeN2O2. The number of alkyl halides is 3. The molecule has 1 aliphatic carbocycles. The van der Waals surface area contributed by atoms with Crippen molar-refractivity contribution in [2.45, 2.75) is 24.6 Å². The molecule has 2 aromatic rings. The third kappa shape index (κ3) is 5.36. The molecule has 1 heterocycles. The molecule has 1 aliphatic heterocycles. The summed E-state index contributed by atoms with van der Waals surface area (Å²) in [4.78, 5) is 11.0. The standard InChI is InChI=1S/C26H31GeN2.C2HF3O2/c1-18-10-8-9-11-21(18)26-22-14-12-19(28(4)5)16-24(22)27(2,3)25-17-20(29(6)7)13-15-23(25)26;3-2(4,5)1(6)7/h8-17H,1-7H3;(H,6,7)/q+1;/p-1. The quantitative estimate of drug-likeness (QED) is 0.417. The van der Waals surface area contributed by atoms with Crippen LogP contribution >= 0.6 is 0 Å². The number of halogens is 3. The Morgan fingerprint density at radius 1 is 1.00 bits per heavy atom. The Labute approximate surface area is 213 Å². The van der Waals surface area contributed by atoms with Crippen LogP contribution in [-0.4, -0.2) is 63.9 Å². The number of carboxylic acid groups (broad SMARTS) is 1. The van der Waals surface area contributed by atoms with Gasteiger partial charge in [0.15, 0.2) is 0 Å². The molecule has 2 aliphatic rings. The first kappa shape index (κ1) is 27.5. The van der Waals surface area contributed by atoms with Crippen molar-refractivity contribution in [2.75, 3.05) is 33.1 Å². The number of rotatable bonds is 2. The van der Waals surface area contributed by atoms with Gasteiger partial charge in [0.05, 0.1) is 0 Å². The number of allylic oxidation sites excluding steroid dienone is 5. The molecule has 0 amide bonds. The fraction of sp³-hybridized carbons (Fsp3) is 0.286. The van der Waals surface area contributed by atoms with Crippen LogP contribution in [0.2, 0.25) is 11.5 Å². The predicted octanol–water partition coefficient (Wildman–Crippen LogP) is 3.84.